The molecule has 0 aromatic heterocycles. The lowest BCUT2D eigenvalue weighted by molar-refractivity contribution is -0.156. The number of hydrogen-bond acceptors (Lipinski definition) is 8. The van der Waals surface area contributed by atoms with E-state index in [4.69, 9.17) is 4.74 Å². The van der Waals surface area contributed by atoms with Gasteiger partial charge < -0.3 is 35.6 Å². The summed E-state index contributed by atoms with van der Waals surface area (Å²) in [7, 11) is 1.49. The second-order valence-corrected chi connectivity index (χ2v) is 16.6. The first kappa shape index (κ1) is 50.3. The maximum absolute atomic E-state index is 13.9. The zero-order valence-corrected chi connectivity index (χ0v) is 38.0. The van der Waals surface area contributed by atoms with Crippen molar-refractivity contribution in [2.75, 3.05) is 20.1 Å². The molecule has 0 heterocycles. The maximum Gasteiger partial charge on any atom is 0.329 e. The number of benzene rings is 4. The van der Waals surface area contributed by atoms with Gasteiger partial charge in [-0.1, -0.05) is 125 Å². The number of amides is 5. The number of aliphatic hydroxyl groups excluding tert-OH is 1. The standard InChI is InChI=1S/C51H65N5O8/c1-7-27-56(28-8-2)50(62)41-26-18-25-40(32-41)47(59)54-42(30-37-19-12-9-13-20-37)45(57)33-46(58)53-43(29-35(3)4)48(60)52-36(5)49(61)55(6)44(31-38-21-14-10-15-22-38)51(63)64-34-39-23-16-11-17-24-39/h9-26,32,35-36,42-45,57H,7-8,27-31,33-34H2,1-6H3,(H,52,60)(H,53,58)(H,54,59)/t36-,42-,43-,44-,45-/m0/s1. The van der Waals surface area contributed by atoms with Crippen LogP contribution >= 0.6 is 0 Å². The molecule has 342 valence electrons. The molecule has 5 atom stereocenters. The van der Waals surface area contributed by atoms with E-state index in [1.807, 2.05) is 119 Å². The largest absolute Gasteiger partial charge is 0.459 e. The fourth-order valence-corrected chi connectivity index (χ4v) is 7.40. The summed E-state index contributed by atoms with van der Waals surface area (Å²) in [5, 5.41) is 19.9. The molecule has 13 nitrogen and oxygen atoms in total. The summed E-state index contributed by atoms with van der Waals surface area (Å²) >= 11 is 0. The number of ether oxygens (including phenoxy) is 1. The number of carbonyl (C=O) groups excluding carboxylic acids is 6. The Morgan fingerprint density at radius 1 is 0.672 bits per heavy atom. The Kier molecular flexibility index (Phi) is 20.2. The third kappa shape index (κ3) is 15.8. The van der Waals surface area contributed by atoms with Gasteiger partial charge in [-0.2, -0.15) is 0 Å². The number of likely N-dealkylation sites (N-methyl/N-ethyl adjacent to an activating group) is 1. The summed E-state index contributed by atoms with van der Waals surface area (Å²) in [6.07, 6.45) is 0.352. The quantitative estimate of drug-likeness (QED) is 0.0631. The monoisotopic (exact) mass is 875 g/mol. The van der Waals surface area contributed by atoms with Crippen molar-refractivity contribution in [1.29, 1.82) is 0 Å². The average Bonchev–Trinajstić information content (AvgIpc) is 3.29. The van der Waals surface area contributed by atoms with Gasteiger partial charge in [0, 0.05) is 37.7 Å². The van der Waals surface area contributed by atoms with Crippen LogP contribution in [0.5, 0.6) is 0 Å². The predicted molar refractivity (Wildman–Crippen MR) is 247 cm³/mol. The third-order valence-corrected chi connectivity index (χ3v) is 10.8. The summed E-state index contributed by atoms with van der Waals surface area (Å²) < 4.78 is 5.66. The van der Waals surface area contributed by atoms with Crippen molar-refractivity contribution < 1.29 is 38.6 Å². The molecular weight excluding hydrogens is 811 g/mol. The van der Waals surface area contributed by atoms with Gasteiger partial charge in [-0.15, -0.1) is 0 Å². The molecule has 0 fully saturated rings. The van der Waals surface area contributed by atoms with E-state index in [0.717, 1.165) is 29.5 Å². The number of aliphatic hydroxyl groups is 1. The lowest BCUT2D eigenvalue weighted by atomic mass is 9.97. The highest BCUT2D eigenvalue weighted by molar-refractivity contribution is 6.00. The van der Waals surface area contributed by atoms with Crippen molar-refractivity contribution in [3.8, 4) is 0 Å². The fraction of sp³-hybridized carbons (Fsp3) is 0.412. The molecule has 5 amide bonds. The molecule has 0 aliphatic heterocycles. The van der Waals surface area contributed by atoms with Crippen molar-refractivity contribution >= 4 is 35.5 Å². The number of nitrogens with one attached hydrogen (secondary N) is 3. The van der Waals surface area contributed by atoms with Crippen LogP contribution in [0.1, 0.15) is 97.7 Å². The first-order valence-corrected chi connectivity index (χ1v) is 22.2. The van der Waals surface area contributed by atoms with E-state index < -0.39 is 66.3 Å². The number of nitrogens with zero attached hydrogens (tertiary/aromatic N) is 2. The topological polar surface area (TPSA) is 174 Å². The van der Waals surface area contributed by atoms with Crippen LogP contribution in [0, 0.1) is 5.92 Å². The van der Waals surface area contributed by atoms with Gasteiger partial charge in [0.05, 0.1) is 18.6 Å². The molecule has 0 unspecified atom stereocenters. The molecule has 4 N–H and O–H groups in total. The van der Waals surface area contributed by atoms with Gasteiger partial charge in [0.25, 0.3) is 11.8 Å². The lowest BCUT2D eigenvalue weighted by Gasteiger charge is -2.30. The molecule has 0 bridgehead atoms. The van der Waals surface area contributed by atoms with Crippen LogP contribution in [-0.4, -0.2) is 101 Å². The minimum atomic E-state index is -1.38. The Balaban J connectivity index is 1.45. The molecule has 13 heteroatoms. The van der Waals surface area contributed by atoms with Crippen LogP contribution in [0.4, 0.5) is 0 Å². The van der Waals surface area contributed by atoms with Gasteiger partial charge in [0.15, 0.2) is 0 Å². The molecule has 4 aromatic carbocycles. The molecule has 64 heavy (non-hydrogen) atoms. The molecular formula is C51H65N5O8. The molecule has 0 saturated carbocycles. The van der Waals surface area contributed by atoms with Crippen LogP contribution in [0.15, 0.2) is 115 Å². The van der Waals surface area contributed by atoms with Crippen molar-refractivity contribution in [2.24, 2.45) is 5.92 Å². The Labute approximate surface area is 378 Å². The van der Waals surface area contributed by atoms with E-state index in [0.29, 0.717) is 18.7 Å². The van der Waals surface area contributed by atoms with Crippen molar-refractivity contribution in [3.05, 3.63) is 143 Å². The van der Waals surface area contributed by atoms with Crippen LogP contribution in [0.3, 0.4) is 0 Å². The Morgan fingerprint density at radius 2 is 1.22 bits per heavy atom. The predicted octanol–water partition coefficient (Wildman–Crippen LogP) is 5.89. The zero-order chi connectivity index (χ0) is 46.6. The number of carbonyl (C=O) groups is 6. The van der Waals surface area contributed by atoms with Gasteiger partial charge in [0.2, 0.25) is 17.7 Å². The van der Waals surface area contributed by atoms with Gasteiger partial charge >= 0.3 is 5.97 Å². The molecule has 0 spiro atoms. The third-order valence-electron chi connectivity index (χ3n) is 10.8. The average molecular weight is 876 g/mol. The number of rotatable bonds is 24. The molecule has 4 rings (SSSR count). The van der Waals surface area contributed by atoms with E-state index in [-0.39, 0.29) is 43.3 Å². The molecule has 0 radical (unpaired) electrons. The van der Waals surface area contributed by atoms with E-state index >= 15 is 0 Å². The van der Waals surface area contributed by atoms with Gasteiger partial charge in [0.1, 0.15) is 24.7 Å². The lowest BCUT2D eigenvalue weighted by Crippen LogP contribution is -2.56. The second kappa shape index (κ2) is 25.7. The summed E-state index contributed by atoms with van der Waals surface area (Å²) in [6, 6.07) is 30.0. The Morgan fingerprint density at radius 3 is 1.78 bits per heavy atom. The summed E-state index contributed by atoms with van der Waals surface area (Å²) in [6.45, 7) is 10.5. The normalized spacial score (nSPS) is 13.4. The van der Waals surface area contributed by atoms with Crippen LogP contribution in [0.25, 0.3) is 0 Å². The SMILES string of the molecule is CCCN(CCC)C(=O)c1cccc(C(=O)N[C@@H](Cc2ccccc2)[C@@H](O)CC(=O)N[C@@H](CC(C)C)C(=O)N[C@@H](C)C(=O)N(C)[C@@H](Cc2ccccc2)C(=O)OCc2ccccc2)c1. The van der Waals surface area contributed by atoms with Crippen LogP contribution in [0.2, 0.25) is 0 Å². The number of esters is 1. The van der Waals surface area contributed by atoms with Crippen LogP contribution < -0.4 is 16.0 Å². The minimum Gasteiger partial charge on any atom is -0.459 e. The molecule has 0 aliphatic carbocycles. The maximum atomic E-state index is 13.9. The smallest absolute Gasteiger partial charge is 0.329 e. The van der Waals surface area contributed by atoms with Crippen molar-refractivity contribution in [1.82, 2.24) is 25.8 Å². The summed E-state index contributed by atoms with van der Waals surface area (Å²) in [4.78, 5) is 85.0. The van der Waals surface area contributed by atoms with Crippen LogP contribution in [-0.2, 0) is 43.4 Å². The van der Waals surface area contributed by atoms with E-state index in [1.54, 1.807) is 23.1 Å². The molecule has 0 saturated heterocycles. The first-order valence-electron chi connectivity index (χ1n) is 22.2. The molecule has 4 aromatic rings. The van der Waals surface area contributed by atoms with E-state index in [1.165, 1.54) is 24.9 Å². The van der Waals surface area contributed by atoms with Crippen molar-refractivity contribution in [3.63, 3.8) is 0 Å². The highest BCUT2D eigenvalue weighted by Gasteiger charge is 2.34. The minimum absolute atomic E-state index is 0.0251. The Hall–Kier alpha value is -6.34. The zero-order valence-electron chi connectivity index (χ0n) is 38.0. The fourth-order valence-electron chi connectivity index (χ4n) is 7.40. The van der Waals surface area contributed by atoms with Crippen molar-refractivity contribution in [2.45, 2.75) is 110 Å². The van der Waals surface area contributed by atoms with Gasteiger partial charge in [-0.05, 0) is 73.4 Å². The van der Waals surface area contributed by atoms with Gasteiger partial charge in [-0.25, -0.2) is 4.79 Å². The molecule has 0 aliphatic rings. The van der Waals surface area contributed by atoms with E-state index in [9.17, 15) is 33.9 Å². The second-order valence-electron chi connectivity index (χ2n) is 16.6. The highest BCUT2D eigenvalue weighted by atomic mass is 16.5. The summed E-state index contributed by atoms with van der Waals surface area (Å²) in [5.74, 6) is -3.14. The van der Waals surface area contributed by atoms with Gasteiger partial charge in [-0.3, -0.25) is 24.0 Å². The number of hydrogen-bond donors (Lipinski definition) is 4. The first-order chi connectivity index (χ1) is 30.7. The Bertz CT molecular complexity index is 2110. The summed E-state index contributed by atoms with van der Waals surface area (Å²) in [5.41, 5.74) is 3.02. The van der Waals surface area contributed by atoms with E-state index in [2.05, 4.69) is 16.0 Å². The highest BCUT2D eigenvalue weighted by Crippen LogP contribution is 2.16.